The monoisotopic (exact) mass is 596 g/mol. The number of piperazine rings is 1. The molecule has 0 aromatic carbocycles. The number of aromatic nitrogens is 3. The summed E-state index contributed by atoms with van der Waals surface area (Å²) in [4.78, 5) is 32.3. The van der Waals surface area contributed by atoms with E-state index < -0.39 is 29.2 Å². The van der Waals surface area contributed by atoms with Crippen molar-refractivity contribution in [2.75, 3.05) is 51.4 Å². The molecule has 0 radical (unpaired) electrons. The van der Waals surface area contributed by atoms with Gasteiger partial charge in [0.15, 0.2) is 11.0 Å². The molecule has 4 atom stereocenters. The van der Waals surface area contributed by atoms with Gasteiger partial charge in [0.1, 0.15) is 29.7 Å². The van der Waals surface area contributed by atoms with E-state index in [0.717, 1.165) is 19.4 Å². The number of ether oxygens (including phenoxy) is 3. The van der Waals surface area contributed by atoms with Crippen LogP contribution < -0.4 is 9.64 Å². The van der Waals surface area contributed by atoms with Crippen LogP contribution in [0.1, 0.15) is 53.4 Å². The number of halogens is 3. The summed E-state index contributed by atoms with van der Waals surface area (Å²) in [5.41, 5.74) is -1.08. The predicted octanol–water partition coefficient (Wildman–Crippen LogP) is 4.62. The van der Waals surface area contributed by atoms with Crippen molar-refractivity contribution in [1.29, 1.82) is 0 Å². The van der Waals surface area contributed by atoms with Crippen molar-refractivity contribution in [3.05, 3.63) is 17.2 Å². The van der Waals surface area contributed by atoms with E-state index in [0.29, 0.717) is 43.7 Å². The van der Waals surface area contributed by atoms with Crippen LogP contribution in [0.25, 0.3) is 10.9 Å². The molecule has 13 heteroatoms. The Kier molecular flexibility index (Phi) is 8.46. The third kappa shape index (κ3) is 6.01. The SMILES string of the molecule is CC[C@H]1CN(c2nc(OC[C@@]34CCCN3C[C@H](F)C4)nc3c(F)c(Cl)ncc23)CC(COC)N1C(=O)OC(C)(C)C. The first-order chi connectivity index (χ1) is 19.4. The second-order valence-electron chi connectivity index (χ2n) is 12.3. The fourth-order valence-corrected chi connectivity index (χ4v) is 6.59. The maximum atomic E-state index is 15.3. The average Bonchev–Trinajstić information content (AvgIpc) is 3.43. The van der Waals surface area contributed by atoms with Gasteiger partial charge in [0.2, 0.25) is 0 Å². The minimum absolute atomic E-state index is 0.00789. The summed E-state index contributed by atoms with van der Waals surface area (Å²) in [6.45, 7) is 9.93. The zero-order valence-corrected chi connectivity index (χ0v) is 25.1. The zero-order valence-electron chi connectivity index (χ0n) is 24.3. The van der Waals surface area contributed by atoms with Crippen LogP contribution in [0.4, 0.5) is 19.4 Å². The number of rotatable bonds is 7. The molecule has 2 aromatic heterocycles. The number of pyridine rings is 1. The van der Waals surface area contributed by atoms with E-state index in [4.69, 9.17) is 30.8 Å². The van der Waals surface area contributed by atoms with E-state index in [-0.39, 0.29) is 42.0 Å². The van der Waals surface area contributed by atoms with E-state index in [1.54, 1.807) is 12.0 Å². The largest absolute Gasteiger partial charge is 0.461 e. The number of hydrogen-bond donors (Lipinski definition) is 0. The summed E-state index contributed by atoms with van der Waals surface area (Å²) in [5, 5.41) is 0.0736. The van der Waals surface area contributed by atoms with Gasteiger partial charge in [-0.1, -0.05) is 18.5 Å². The third-order valence-corrected chi connectivity index (χ3v) is 8.48. The van der Waals surface area contributed by atoms with Crippen molar-refractivity contribution in [3.63, 3.8) is 0 Å². The first-order valence-electron chi connectivity index (χ1n) is 14.2. The minimum atomic E-state index is -0.903. The smallest absolute Gasteiger partial charge is 0.410 e. The minimum Gasteiger partial charge on any atom is -0.461 e. The lowest BCUT2D eigenvalue weighted by Gasteiger charge is -2.47. The summed E-state index contributed by atoms with van der Waals surface area (Å²) in [6, 6.07) is -0.605. The van der Waals surface area contributed by atoms with Gasteiger partial charge < -0.3 is 19.1 Å². The van der Waals surface area contributed by atoms with E-state index in [9.17, 15) is 9.18 Å². The van der Waals surface area contributed by atoms with Crippen molar-refractivity contribution >= 4 is 34.4 Å². The van der Waals surface area contributed by atoms with Crippen LogP contribution in [-0.4, -0.2) is 107 Å². The summed E-state index contributed by atoms with van der Waals surface area (Å²) in [7, 11) is 1.58. The van der Waals surface area contributed by atoms with E-state index >= 15 is 4.39 Å². The van der Waals surface area contributed by atoms with Gasteiger partial charge >= 0.3 is 12.1 Å². The van der Waals surface area contributed by atoms with Crippen molar-refractivity contribution in [1.82, 2.24) is 24.8 Å². The highest BCUT2D eigenvalue weighted by atomic mass is 35.5. The van der Waals surface area contributed by atoms with Crippen molar-refractivity contribution < 1.29 is 27.8 Å². The molecule has 3 aliphatic heterocycles. The van der Waals surface area contributed by atoms with Crippen LogP contribution >= 0.6 is 11.6 Å². The number of fused-ring (bicyclic) bond motifs is 2. The molecule has 226 valence electrons. The number of anilines is 1. The van der Waals surface area contributed by atoms with Crippen molar-refractivity contribution in [3.8, 4) is 6.01 Å². The number of methoxy groups -OCH3 is 1. The summed E-state index contributed by atoms with van der Waals surface area (Å²) in [5.74, 6) is -0.345. The number of carbonyl (C=O) groups is 1. The predicted molar refractivity (Wildman–Crippen MR) is 151 cm³/mol. The Morgan fingerprint density at radius 2 is 1.98 bits per heavy atom. The van der Waals surface area contributed by atoms with Gasteiger partial charge in [-0.25, -0.2) is 18.6 Å². The van der Waals surface area contributed by atoms with Crippen LogP contribution in [0, 0.1) is 5.82 Å². The van der Waals surface area contributed by atoms with Gasteiger partial charge in [-0.15, -0.1) is 0 Å². The highest BCUT2D eigenvalue weighted by molar-refractivity contribution is 6.30. The van der Waals surface area contributed by atoms with E-state index in [1.807, 2.05) is 32.6 Å². The molecule has 10 nitrogen and oxygen atoms in total. The van der Waals surface area contributed by atoms with Crippen LogP contribution in [0.2, 0.25) is 5.15 Å². The third-order valence-electron chi connectivity index (χ3n) is 8.22. The van der Waals surface area contributed by atoms with Crippen LogP contribution in [0.15, 0.2) is 6.20 Å². The Labute approximate surface area is 244 Å². The van der Waals surface area contributed by atoms with E-state index in [2.05, 4.69) is 14.9 Å². The maximum absolute atomic E-state index is 15.3. The molecule has 41 heavy (non-hydrogen) atoms. The number of nitrogens with zero attached hydrogens (tertiary/aromatic N) is 6. The first-order valence-corrected chi connectivity index (χ1v) is 14.6. The van der Waals surface area contributed by atoms with Gasteiger partial charge in [0.05, 0.1) is 29.6 Å². The Bertz CT molecular complexity index is 1280. The fourth-order valence-electron chi connectivity index (χ4n) is 6.45. The summed E-state index contributed by atoms with van der Waals surface area (Å²) < 4.78 is 47.0. The fraction of sp³-hybridized carbons (Fsp3) is 0.714. The second kappa shape index (κ2) is 11.6. The molecular formula is C28H39ClF2N6O4. The summed E-state index contributed by atoms with van der Waals surface area (Å²) >= 11 is 6.04. The van der Waals surface area contributed by atoms with Crippen LogP contribution in [0.3, 0.4) is 0 Å². The van der Waals surface area contributed by atoms with Crippen molar-refractivity contribution in [2.24, 2.45) is 0 Å². The molecule has 3 saturated heterocycles. The quantitative estimate of drug-likeness (QED) is 0.424. The number of hydrogen-bond acceptors (Lipinski definition) is 9. The number of alkyl halides is 1. The Balaban J connectivity index is 1.49. The lowest BCUT2D eigenvalue weighted by molar-refractivity contribution is -0.0118. The van der Waals surface area contributed by atoms with Crippen LogP contribution in [-0.2, 0) is 9.47 Å². The van der Waals surface area contributed by atoms with Gasteiger partial charge in [-0.05, 0) is 46.6 Å². The van der Waals surface area contributed by atoms with Gasteiger partial charge in [-0.2, -0.15) is 9.97 Å². The maximum Gasteiger partial charge on any atom is 0.410 e. The molecule has 3 fully saturated rings. The Hall–Kier alpha value is -2.57. The highest BCUT2D eigenvalue weighted by Gasteiger charge is 2.49. The normalized spacial score (nSPS) is 27.0. The molecule has 0 N–H and O–H groups in total. The first kappa shape index (κ1) is 29.9. The van der Waals surface area contributed by atoms with Gasteiger partial charge in [-0.3, -0.25) is 9.80 Å². The molecule has 1 unspecified atom stereocenters. The average molecular weight is 597 g/mol. The standard InChI is InChI=1S/C28H39ClF2N6O4/c1-6-18-13-35(14-19(15-39-5)37(18)26(38)41-27(2,3)4)24-20-11-32-23(29)21(31)22(20)33-25(34-24)40-16-28-8-7-9-36(28)12-17(30)10-28/h11,17-19H,6-10,12-16H2,1-5H3/t17-,18+,19?,28+/m1/s1. The molecule has 0 saturated carbocycles. The molecule has 5 heterocycles. The molecular weight excluding hydrogens is 558 g/mol. The molecule has 5 rings (SSSR count). The molecule has 0 aliphatic carbocycles. The molecule has 2 aromatic rings. The Morgan fingerprint density at radius 1 is 1.22 bits per heavy atom. The Morgan fingerprint density at radius 3 is 2.68 bits per heavy atom. The van der Waals surface area contributed by atoms with Gasteiger partial charge in [0.25, 0.3) is 0 Å². The second-order valence-corrected chi connectivity index (χ2v) is 12.6. The zero-order chi connectivity index (χ0) is 29.5. The molecule has 1 amide bonds. The number of carbonyl (C=O) groups excluding carboxylic acids is 1. The lowest BCUT2D eigenvalue weighted by atomic mass is 9.95. The lowest BCUT2D eigenvalue weighted by Crippen LogP contribution is -2.62. The molecule has 0 bridgehead atoms. The highest BCUT2D eigenvalue weighted by Crippen LogP contribution is 2.41. The number of amides is 1. The molecule has 3 aliphatic rings. The topological polar surface area (TPSA) is 93.1 Å². The summed E-state index contributed by atoms with van der Waals surface area (Å²) in [6.07, 6.45) is 2.96. The van der Waals surface area contributed by atoms with Gasteiger partial charge in [0, 0.05) is 39.4 Å². The van der Waals surface area contributed by atoms with Crippen LogP contribution in [0.5, 0.6) is 6.01 Å². The van der Waals surface area contributed by atoms with E-state index in [1.165, 1.54) is 6.20 Å². The van der Waals surface area contributed by atoms with Crippen molar-refractivity contribution in [2.45, 2.75) is 82.8 Å². The molecule has 0 spiro atoms.